The molecule has 3 aromatic rings. The van der Waals surface area contributed by atoms with Crippen molar-refractivity contribution in [3.05, 3.63) is 76.9 Å². The van der Waals surface area contributed by atoms with Crippen LogP contribution in [0.5, 0.6) is 34.5 Å². The summed E-state index contributed by atoms with van der Waals surface area (Å²) in [6.45, 7) is 0. The van der Waals surface area contributed by atoms with Gasteiger partial charge in [0.2, 0.25) is 0 Å². The molecule has 4 rings (SSSR count). The lowest BCUT2D eigenvalue weighted by Gasteiger charge is -2.18. The minimum absolute atomic E-state index is 0.0125. The van der Waals surface area contributed by atoms with Crippen LogP contribution in [0.15, 0.2) is 54.6 Å². The third kappa shape index (κ3) is 4.89. The van der Waals surface area contributed by atoms with Crippen LogP contribution in [0.25, 0.3) is 6.08 Å². The second-order valence-electron chi connectivity index (χ2n) is 8.67. The lowest BCUT2D eigenvalue weighted by atomic mass is 9.84. The van der Waals surface area contributed by atoms with Gasteiger partial charge in [0, 0.05) is 5.56 Å². The Bertz CT molecular complexity index is 1470. The molecule has 0 aromatic heterocycles. The van der Waals surface area contributed by atoms with Crippen LogP contribution in [0.2, 0.25) is 0 Å². The van der Waals surface area contributed by atoms with Crippen LogP contribution in [-0.4, -0.2) is 53.5 Å². The Hall–Kier alpha value is -5.19. The van der Waals surface area contributed by atoms with Crippen molar-refractivity contribution in [1.29, 1.82) is 0 Å². The molecule has 1 aliphatic rings. The Morgan fingerprint density at radius 1 is 0.816 bits per heavy atom. The van der Waals surface area contributed by atoms with Gasteiger partial charge in [0.15, 0.2) is 40.3 Å². The number of allylic oxidation sites excluding steroid dienone is 1. The first-order valence-corrected chi connectivity index (χ1v) is 11.2. The van der Waals surface area contributed by atoms with E-state index < -0.39 is 65.1 Å². The number of benzene rings is 3. The van der Waals surface area contributed by atoms with E-state index in [1.165, 1.54) is 42.5 Å². The minimum atomic E-state index is -1.63. The molecule has 0 fully saturated rings. The second-order valence-corrected chi connectivity index (χ2v) is 8.67. The number of hydrogen-bond acceptors (Lipinski definition) is 9. The molecule has 0 aliphatic carbocycles. The molecule has 3 atom stereocenters. The van der Waals surface area contributed by atoms with Gasteiger partial charge < -0.3 is 40.5 Å². The quantitative estimate of drug-likeness (QED) is 0.130. The molecule has 0 spiro atoms. The van der Waals surface area contributed by atoms with E-state index in [2.05, 4.69) is 0 Å². The summed E-state index contributed by atoms with van der Waals surface area (Å²) in [5, 5.41) is 68.7. The van der Waals surface area contributed by atoms with E-state index in [0.717, 1.165) is 18.2 Å². The highest BCUT2D eigenvalue weighted by atomic mass is 16.5. The van der Waals surface area contributed by atoms with E-state index >= 15 is 0 Å². The standard InChI is InChI=1S/C27H22O11/c28-16(5-1-12-2-6-17(29)20(32)9-12)15(26(34)35)10-13-3-8-19(31)25-22(13)23(27(36)37)24(38-25)14-4-7-18(30)21(33)11-14/h1-9,11,15,23-24,29-33H,10H2,(H,34,35)(H,36,37)/b5-1+/t15-,23+,24-/m1/s1. The second kappa shape index (κ2) is 10.1. The number of fused-ring (bicyclic) bond motifs is 1. The molecule has 0 unspecified atom stereocenters. The molecule has 7 N–H and O–H groups in total. The number of rotatable bonds is 8. The van der Waals surface area contributed by atoms with Gasteiger partial charge in [-0.3, -0.25) is 14.4 Å². The zero-order valence-corrected chi connectivity index (χ0v) is 19.5. The molecule has 0 amide bonds. The normalized spacial score (nSPS) is 17.1. The van der Waals surface area contributed by atoms with E-state index in [1.54, 1.807) is 0 Å². The zero-order valence-electron chi connectivity index (χ0n) is 19.5. The number of phenolic OH excluding ortho intramolecular Hbond substituents is 5. The van der Waals surface area contributed by atoms with E-state index in [9.17, 15) is 50.1 Å². The van der Waals surface area contributed by atoms with Crippen molar-refractivity contribution in [1.82, 2.24) is 0 Å². The predicted octanol–water partition coefficient (Wildman–Crippen LogP) is 3.04. The Balaban J connectivity index is 1.69. The van der Waals surface area contributed by atoms with Gasteiger partial charge >= 0.3 is 11.9 Å². The number of carboxylic acid groups (broad SMARTS) is 2. The molecule has 196 valence electrons. The topological polar surface area (TPSA) is 202 Å². The summed E-state index contributed by atoms with van der Waals surface area (Å²) in [5.74, 6) is -9.05. The number of aromatic hydroxyl groups is 5. The fraction of sp³-hybridized carbons (Fsp3) is 0.148. The largest absolute Gasteiger partial charge is 0.504 e. The number of carbonyl (C=O) groups is 3. The molecule has 0 saturated carbocycles. The van der Waals surface area contributed by atoms with Crippen molar-refractivity contribution in [3.8, 4) is 34.5 Å². The maximum Gasteiger partial charge on any atom is 0.315 e. The molecule has 0 radical (unpaired) electrons. The molecular formula is C27H22O11. The maximum atomic E-state index is 12.8. The van der Waals surface area contributed by atoms with Crippen LogP contribution in [0.4, 0.5) is 0 Å². The number of phenols is 5. The molecule has 1 aliphatic heterocycles. The van der Waals surface area contributed by atoms with Crippen molar-refractivity contribution in [2.75, 3.05) is 0 Å². The van der Waals surface area contributed by atoms with Crippen molar-refractivity contribution >= 4 is 23.8 Å². The molecule has 1 heterocycles. The summed E-state index contributed by atoms with van der Waals surface area (Å²) >= 11 is 0. The lowest BCUT2D eigenvalue weighted by molar-refractivity contribution is -0.145. The Morgan fingerprint density at radius 2 is 1.45 bits per heavy atom. The molecular weight excluding hydrogens is 500 g/mol. The highest BCUT2D eigenvalue weighted by Crippen LogP contribution is 2.52. The van der Waals surface area contributed by atoms with Crippen molar-refractivity contribution in [2.45, 2.75) is 18.4 Å². The lowest BCUT2D eigenvalue weighted by Crippen LogP contribution is -2.26. The summed E-state index contributed by atoms with van der Waals surface area (Å²) in [6, 6.07) is 9.90. The number of carbonyl (C=O) groups excluding carboxylic acids is 1. The predicted molar refractivity (Wildman–Crippen MR) is 130 cm³/mol. The highest BCUT2D eigenvalue weighted by Gasteiger charge is 2.44. The first-order valence-electron chi connectivity index (χ1n) is 11.2. The number of carboxylic acids is 2. The van der Waals surface area contributed by atoms with Gasteiger partial charge in [-0.25, -0.2) is 0 Å². The molecule has 11 nitrogen and oxygen atoms in total. The minimum Gasteiger partial charge on any atom is -0.504 e. The van der Waals surface area contributed by atoms with E-state index in [1.807, 2.05) is 0 Å². The van der Waals surface area contributed by atoms with Crippen molar-refractivity contribution in [2.24, 2.45) is 5.92 Å². The molecule has 38 heavy (non-hydrogen) atoms. The number of ketones is 1. The van der Waals surface area contributed by atoms with Crippen LogP contribution in [0.3, 0.4) is 0 Å². The van der Waals surface area contributed by atoms with Gasteiger partial charge in [-0.2, -0.15) is 0 Å². The van der Waals surface area contributed by atoms with Gasteiger partial charge in [0.05, 0.1) is 0 Å². The third-order valence-corrected chi connectivity index (χ3v) is 6.22. The van der Waals surface area contributed by atoms with E-state index in [-0.39, 0.29) is 28.2 Å². The average Bonchev–Trinajstić information content (AvgIpc) is 3.28. The summed E-state index contributed by atoms with van der Waals surface area (Å²) in [4.78, 5) is 37.2. The Morgan fingerprint density at radius 3 is 2.05 bits per heavy atom. The Labute approximate surface area is 214 Å². The zero-order chi connectivity index (χ0) is 27.7. The third-order valence-electron chi connectivity index (χ3n) is 6.22. The first kappa shape index (κ1) is 25.9. The smallest absolute Gasteiger partial charge is 0.315 e. The van der Waals surface area contributed by atoms with Gasteiger partial charge in [0.1, 0.15) is 17.9 Å². The van der Waals surface area contributed by atoms with Gasteiger partial charge in [-0.15, -0.1) is 0 Å². The number of hydrogen-bond donors (Lipinski definition) is 7. The summed E-state index contributed by atoms with van der Waals surface area (Å²) < 4.78 is 5.75. The molecule has 11 heteroatoms. The van der Waals surface area contributed by atoms with E-state index in [4.69, 9.17) is 4.74 Å². The number of ether oxygens (including phenoxy) is 1. The Kier molecular flexibility index (Phi) is 6.85. The van der Waals surface area contributed by atoms with Gasteiger partial charge in [-0.05, 0) is 59.5 Å². The average molecular weight is 522 g/mol. The fourth-order valence-corrected chi connectivity index (χ4v) is 4.32. The van der Waals surface area contributed by atoms with Crippen molar-refractivity contribution < 1.29 is 54.9 Å². The maximum absolute atomic E-state index is 12.8. The van der Waals surface area contributed by atoms with Crippen molar-refractivity contribution in [3.63, 3.8) is 0 Å². The summed E-state index contributed by atoms with van der Waals surface area (Å²) in [6.07, 6.45) is 0.595. The van der Waals surface area contributed by atoms with Gasteiger partial charge in [0.25, 0.3) is 0 Å². The van der Waals surface area contributed by atoms with Crippen LogP contribution in [0.1, 0.15) is 34.3 Å². The SMILES string of the molecule is O=C(O)[C@H](Cc1ccc(O)c2c1[C@H](C(=O)O)[C@@H](c1ccc(O)c(O)c1)O2)C(=O)/C=C/c1ccc(O)c(O)c1. The van der Waals surface area contributed by atoms with Crippen LogP contribution in [-0.2, 0) is 20.8 Å². The van der Waals surface area contributed by atoms with Crippen LogP contribution in [0, 0.1) is 5.92 Å². The van der Waals surface area contributed by atoms with Crippen LogP contribution < -0.4 is 4.74 Å². The highest BCUT2D eigenvalue weighted by molar-refractivity contribution is 6.06. The summed E-state index contributed by atoms with van der Waals surface area (Å²) in [5.41, 5.74) is 0.636. The molecule has 3 aromatic carbocycles. The first-order chi connectivity index (χ1) is 18.0. The number of aliphatic carboxylic acids is 2. The molecule has 0 saturated heterocycles. The van der Waals surface area contributed by atoms with Gasteiger partial charge in [-0.1, -0.05) is 24.3 Å². The molecule has 0 bridgehead atoms. The monoisotopic (exact) mass is 522 g/mol. The summed E-state index contributed by atoms with van der Waals surface area (Å²) in [7, 11) is 0. The van der Waals surface area contributed by atoms with E-state index in [0.29, 0.717) is 5.56 Å². The van der Waals surface area contributed by atoms with Crippen LogP contribution >= 0.6 is 0 Å². The fourth-order valence-electron chi connectivity index (χ4n) is 4.32.